The van der Waals surface area contributed by atoms with Crippen molar-refractivity contribution < 1.29 is 0 Å². The van der Waals surface area contributed by atoms with Crippen molar-refractivity contribution in [2.24, 2.45) is 0 Å². The number of aromatic nitrogens is 3. The van der Waals surface area contributed by atoms with Gasteiger partial charge < -0.3 is 0 Å². The smallest absolute Gasteiger partial charge is 0.164 e. The van der Waals surface area contributed by atoms with Gasteiger partial charge in [0, 0.05) is 42.3 Å². The first kappa shape index (κ1) is 30.8. The van der Waals surface area contributed by atoms with Crippen LogP contribution in [0.25, 0.3) is 76.6 Å². The van der Waals surface area contributed by atoms with Crippen molar-refractivity contribution in [3.05, 3.63) is 145 Å². The van der Waals surface area contributed by atoms with E-state index in [0.29, 0.717) is 17.5 Å². The molecule has 242 valence electrons. The molecule has 0 aliphatic heterocycles. The molecule has 0 saturated carbocycles. The number of thiophene rings is 1. The molecule has 9 rings (SSSR count). The second-order valence-corrected chi connectivity index (χ2v) is 21.1. The zero-order valence-corrected chi connectivity index (χ0v) is 30.8. The standard InChI is InChI=1S/C45H37N3SSi/c1-45(2)38-15-8-6-13-34(38)35-23-19-30(26-39(35)45)29-11-10-12-31(25-29)43-46-42(28-17-21-33(22-18-28)50(3,4)5)47-44(48-43)32-20-24-37-36-14-7-9-16-40(36)49-41(37)27-32/h6-27H,1-5H3. The van der Waals surface area contributed by atoms with Gasteiger partial charge in [0.2, 0.25) is 0 Å². The van der Waals surface area contributed by atoms with Gasteiger partial charge in [-0.3, -0.25) is 0 Å². The molecule has 5 heteroatoms. The van der Waals surface area contributed by atoms with Crippen molar-refractivity contribution in [1.29, 1.82) is 0 Å². The van der Waals surface area contributed by atoms with E-state index in [1.165, 1.54) is 53.2 Å². The van der Waals surface area contributed by atoms with Gasteiger partial charge in [-0.15, -0.1) is 11.3 Å². The van der Waals surface area contributed by atoms with Crippen LogP contribution in [0.3, 0.4) is 0 Å². The second-order valence-electron chi connectivity index (χ2n) is 15.0. The predicted octanol–water partition coefficient (Wildman–Crippen LogP) is 11.8. The Morgan fingerprint density at radius 3 is 1.82 bits per heavy atom. The Labute approximate surface area is 298 Å². The van der Waals surface area contributed by atoms with Gasteiger partial charge in [0.05, 0.1) is 8.07 Å². The van der Waals surface area contributed by atoms with Crippen molar-refractivity contribution in [2.45, 2.75) is 38.9 Å². The highest BCUT2D eigenvalue weighted by atomic mass is 32.1. The van der Waals surface area contributed by atoms with Gasteiger partial charge in [0.25, 0.3) is 0 Å². The summed E-state index contributed by atoms with van der Waals surface area (Å²) in [6.45, 7) is 11.8. The molecule has 50 heavy (non-hydrogen) atoms. The number of rotatable bonds is 5. The molecule has 0 spiro atoms. The van der Waals surface area contributed by atoms with E-state index in [9.17, 15) is 0 Å². The first-order valence-corrected chi connectivity index (χ1v) is 21.6. The maximum absolute atomic E-state index is 5.15. The van der Waals surface area contributed by atoms with Gasteiger partial charge in [-0.05, 0) is 57.6 Å². The van der Waals surface area contributed by atoms with E-state index in [4.69, 9.17) is 15.0 Å². The molecule has 8 aromatic rings. The van der Waals surface area contributed by atoms with E-state index in [1.807, 2.05) is 11.3 Å². The zero-order valence-electron chi connectivity index (χ0n) is 29.0. The molecule has 3 nitrogen and oxygen atoms in total. The summed E-state index contributed by atoms with van der Waals surface area (Å²) < 4.78 is 2.52. The summed E-state index contributed by atoms with van der Waals surface area (Å²) in [7, 11) is -1.45. The number of hydrogen-bond acceptors (Lipinski definition) is 4. The highest BCUT2D eigenvalue weighted by Gasteiger charge is 2.35. The molecule has 1 aliphatic carbocycles. The first-order chi connectivity index (χ1) is 24.1. The Kier molecular flexibility index (Phi) is 7.03. The summed E-state index contributed by atoms with van der Waals surface area (Å²) in [6.07, 6.45) is 0. The van der Waals surface area contributed by atoms with Crippen molar-refractivity contribution in [2.75, 3.05) is 0 Å². The van der Waals surface area contributed by atoms with Gasteiger partial charge in [-0.1, -0.05) is 148 Å². The third kappa shape index (κ3) is 5.12. The largest absolute Gasteiger partial charge is 0.208 e. The lowest BCUT2D eigenvalue weighted by Gasteiger charge is -2.22. The summed E-state index contributed by atoms with van der Waals surface area (Å²) in [6, 6.07) is 48.4. The molecule has 1 aliphatic rings. The molecule has 0 radical (unpaired) electrons. The predicted molar refractivity (Wildman–Crippen MR) is 215 cm³/mol. The fourth-order valence-corrected chi connectivity index (χ4v) is 9.78. The minimum atomic E-state index is -1.45. The molecule has 0 saturated heterocycles. The van der Waals surface area contributed by atoms with Crippen LogP contribution in [-0.2, 0) is 5.41 Å². The number of benzene rings is 6. The maximum Gasteiger partial charge on any atom is 0.164 e. The molecule has 0 amide bonds. The van der Waals surface area contributed by atoms with Crippen LogP contribution in [0, 0.1) is 0 Å². The molecular formula is C45H37N3SSi. The van der Waals surface area contributed by atoms with Gasteiger partial charge in [-0.2, -0.15) is 0 Å². The summed E-state index contributed by atoms with van der Waals surface area (Å²) in [5.41, 5.74) is 10.7. The highest BCUT2D eigenvalue weighted by molar-refractivity contribution is 7.25. The van der Waals surface area contributed by atoms with Crippen LogP contribution in [0.1, 0.15) is 25.0 Å². The molecule has 0 bridgehead atoms. The van der Waals surface area contributed by atoms with Gasteiger partial charge >= 0.3 is 0 Å². The first-order valence-electron chi connectivity index (χ1n) is 17.3. The average molecular weight is 680 g/mol. The van der Waals surface area contributed by atoms with Crippen molar-refractivity contribution in [1.82, 2.24) is 15.0 Å². The zero-order chi connectivity index (χ0) is 34.2. The van der Waals surface area contributed by atoms with Crippen molar-refractivity contribution in [3.8, 4) is 56.4 Å². The van der Waals surface area contributed by atoms with E-state index < -0.39 is 8.07 Å². The minimum Gasteiger partial charge on any atom is -0.208 e. The van der Waals surface area contributed by atoms with Gasteiger partial charge in [0.1, 0.15) is 0 Å². The lowest BCUT2D eigenvalue weighted by Crippen LogP contribution is -2.37. The molecule has 0 atom stereocenters. The Morgan fingerprint density at radius 1 is 0.460 bits per heavy atom. The maximum atomic E-state index is 5.15. The Bertz CT molecular complexity index is 2610. The van der Waals surface area contributed by atoms with Gasteiger partial charge in [0.15, 0.2) is 17.5 Å². The topological polar surface area (TPSA) is 38.7 Å². The normalized spacial score (nSPS) is 13.5. The Hall–Kier alpha value is -5.23. The SMILES string of the molecule is CC1(C)c2ccccc2-c2ccc(-c3cccc(-c4nc(-c5ccc([Si](C)(C)C)cc5)nc(-c5ccc6c(c5)sc5ccccc56)n4)c3)cc21. The van der Waals surface area contributed by atoms with E-state index in [2.05, 4.69) is 167 Å². The highest BCUT2D eigenvalue weighted by Crippen LogP contribution is 2.49. The van der Waals surface area contributed by atoms with Crippen LogP contribution in [-0.4, -0.2) is 23.0 Å². The molecule has 0 fully saturated rings. The number of fused-ring (bicyclic) bond motifs is 6. The van der Waals surface area contributed by atoms with E-state index >= 15 is 0 Å². The van der Waals surface area contributed by atoms with Crippen molar-refractivity contribution >= 4 is 44.8 Å². The lowest BCUT2D eigenvalue weighted by atomic mass is 9.81. The van der Waals surface area contributed by atoms with Crippen molar-refractivity contribution in [3.63, 3.8) is 0 Å². The summed E-state index contributed by atoms with van der Waals surface area (Å²) >= 11 is 1.81. The molecule has 0 unspecified atom stereocenters. The van der Waals surface area contributed by atoms with Crippen LogP contribution >= 0.6 is 11.3 Å². The monoisotopic (exact) mass is 679 g/mol. The minimum absolute atomic E-state index is 0.0574. The molecule has 0 N–H and O–H groups in total. The summed E-state index contributed by atoms with van der Waals surface area (Å²) in [4.78, 5) is 15.4. The molecular weight excluding hydrogens is 643 g/mol. The summed E-state index contributed by atoms with van der Waals surface area (Å²) in [5.74, 6) is 2.04. The molecule has 2 heterocycles. The Morgan fingerprint density at radius 2 is 1.04 bits per heavy atom. The Balaban J connectivity index is 1.17. The van der Waals surface area contributed by atoms with E-state index in [-0.39, 0.29) is 5.41 Å². The van der Waals surface area contributed by atoms with E-state index in [0.717, 1.165) is 22.3 Å². The lowest BCUT2D eigenvalue weighted by molar-refractivity contribution is 0.660. The second kappa shape index (κ2) is 11.4. The molecule has 6 aromatic carbocycles. The average Bonchev–Trinajstić information content (AvgIpc) is 3.62. The number of nitrogens with zero attached hydrogens (tertiary/aromatic N) is 3. The third-order valence-corrected chi connectivity index (χ3v) is 13.5. The number of hydrogen-bond donors (Lipinski definition) is 0. The fraction of sp³-hybridized carbons (Fsp3) is 0.133. The van der Waals surface area contributed by atoms with Crippen LogP contribution in [0.5, 0.6) is 0 Å². The summed E-state index contributed by atoms with van der Waals surface area (Å²) in [5, 5.41) is 3.97. The third-order valence-electron chi connectivity index (χ3n) is 10.3. The van der Waals surface area contributed by atoms with Crippen LogP contribution in [0.4, 0.5) is 0 Å². The van der Waals surface area contributed by atoms with E-state index in [1.54, 1.807) is 0 Å². The quantitative estimate of drug-likeness (QED) is 0.170. The van der Waals surface area contributed by atoms with Crippen LogP contribution < -0.4 is 5.19 Å². The van der Waals surface area contributed by atoms with Gasteiger partial charge in [-0.25, -0.2) is 15.0 Å². The fourth-order valence-electron chi connectivity index (χ4n) is 7.47. The van der Waals surface area contributed by atoms with Crippen LogP contribution in [0.15, 0.2) is 133 Å². The molecule has 2 aromatic heterocycles. The van der Waals surface area contributed by atoms with Crippen LogP contribution in [0.2, 0.25) is 19.6 Å².